The second kappa shape index (κ2) is 5.60. The molecule has 2 aromatic rings. The highest BCUT2D eigenvalue weighted by molar-refractivity contribution is 5.94. The van der Waals surface area contributed by atoms with Crippen molar-refractivity contribution in [3.63, 3.8) is 0 Å². The quantitative estimate of drug-likeness (QED) is 0.939. The first-order valence-electron chi connectivity index (χ1n) is 8.45. The van der Waals surface area contributed by atoms with Crippen LogP contribution in [0.4, 0.5) is 0 Å². The summed E-state index contributed by atoms with van der Waals surface area (Å²) >= 11 is 0. The molecule has 0 bridgehead atoms. The Morgan fingerprint density at radius 1 is 1.43 bits per heavy atom. The van der Waals surface area contributed by atoms with E-state index in [0.717, 1.165) is 31.5 Å². The van der Waals surface area contributed by atoms with Crippen LogP contribution in [0.25, 0.3) is 5.65 Å². The molecule has 2 aromatic heterocycles. The highest BCUT2D eigenvalue weighted by atomic mass is 16.5. The lowest BCUT2D eigenvalue weighted by atomic mass is 9.60. The summed E-state index contributed by atoms with van der Waals surface area (Å²) in [6.07, 6.45) is 9.42. The van der Waals surface area contributed by atoms with Gasteiger partial charge in [0, 0.05) is 24.3 Å². The number of nitrogens with one attached hydrogen (secondary N) is 1. The molecule has 4 rings (SSSR count). The van der Waals surface area contributed by atoms with Crippen LogP contribution in [-0.4, -0.2) is 39.3 Å². The molecule has 2 atom stereocenters. The molecule has 6 heteroatoms. The molecule has 2 saturated carbocycles. The lowest BCUT2D eigenvalue weighted by molar-refractivity contribution is -0.127. The van der Waals surface area contributed by atoms with Crippen molar-refractivity contribution >= 4 is 11.6 Å². The van der Waals surface area contributed by atoms with Gasteiger partial charge in [-0.25, -0.2) is 0 Å². The maximum Gasteiger partial charge on any atom is 0.253 e. The van der Waals surface area contributed by atoms with E-state index in [-0.39, 0.29) is 17.4 Å². The van der Waals surface area contributed by atoms with Gasteiger partial charge in [0.05, 0.1) is 11.7 Å². The molecule has 2 heterocycles. The number of aromatic nitrogens is 3. The van der Waals surface area contributed by atoms with Gasteiger partial charge in [-0.1, -0.05) is 12.8 Å². The minimum atomic E-state index is -0.0215. The number of ether oxygens (including phenoxy) is 1. The summed E-state index contributed by atoms with van der Waals surface area (Å²) in [7, 11) is 0. The Kier molecular flexibility index (Phi) is 3.56. The smallest absolute Gasteiger partial charge is 0.253 e. The van der Waals surface area contributed by atoms with E-state index in [1.165, 1.54) is 12.8 Å². The number of hydrogen-bond acceptors (Lipinski definition) is 4. The van der Waals surface area contributed by atoms with Crippen LogP contribution in [0.3, 0.4) is 0 Å². The van der Waals surface area contributed by atoms with Crippen molar-refractivity contribution in [3.05, 3.63) is 30.2 Å². The molecule has 1 spiro atoms. The molecule has 2 fully saturated rings. The highest BCUT2D eigenvalue weighted by Gasteiger charge is 2.57. The van der Waals surface area contributed by atoms with Crippen molar-refractivity contribution < 1.29 is 9.53 Å². The molecule has 0 aliphatic heterocycles. The standard InChI is InChI=1S/C17H22N4O2/c1-2-23-14-9-13(17(14)7-3-4-8-17)19-16(22)12-5-6-15-20-18-11-21(15)10-12/h5-6,10-11,13-14H,2-4,7-9H2,1H3,(H,19,22)/t13-,14+/m1/s1. The normalized spacial score (nSPS) is 25.6. The Bertz CT molecular complexity index is 720. The number of fused-ring (bicyclic) bond motifs is 1. The van der Waals surface area contributed by atoms with Crippen LogP contribution in [0.5, 0.6) is 0 Å². The van der Waals surface area contributed by atoms with E-state index < -0.39 is 0 Å². The van der Waals surface area contributed by atoms with Gasteiger partial charge in [0.2, 0.25) is 0 Å². The maximum atomic E-state index is 12.6. The fraction of sp³-hybridized carbons (Fsp3) is 0.588. The van der Waals surface area contributed by atoms with Crippen molar-refractivity contribution in [2.45, 2.75) is 51.2 Å². The number of hydrogen-bond donors (Lipinski definition) is 1. The average molecular weight is 314 g/mol. The Morgan fingerprint density at radius 2 is 2.26 bits per heavy atom. The Hall–Kier alpha value is -1.95. The fourth-order valence-corrected chi connectivity index (χ4v) is 4.29. The van der Waals surface area contributed by atoms with Gasteiger partial charge in [-0.3, -0.25) is 9.20 Å². The molecule has 23 heavy (non-hydrogen) atoms. The Balaban J connectivity index is 1.50. The Morgan fingerprint density at radius 3 is 3.04 bits per heavy atom. The number of amides is 1. The van der Waals surface area contributed by atoms with Crippen LogP contribution >= 0.6 is 0 Å². The molecule has 0 saturated heterocycles. The highest BCUT2D eigenvalue weighted by Crippen LogP contribution is 2.54. The van der Waals surface area contributed by atoms with Crippen LogP contribution in [0, 0.1) is 5.41 Å². The van der Waals surface area contributed by atoms with E-state index in [0.29, 0.717) is 11.7 Å². The van der Waals surface area contributed by atoms with E-state index in [1.807, 2.05) is 13.0 Å². The third kappa shape index (κ3) is 2.32. The third-order valence-corrected chi connectivity index (χ3v) is 5.55. The topological polar surface area (TPSA) is 68.5 Å². The van der Waals surface area contributed by atoms with Crippen LogP contribution in [0.2, 0.25) is 0 Å². The second-order valence-corrected chi connectivity index (χ2v) is 6.66. The average Bonchev–Trinajstić information content (AvgIpc) is 3.23. The van der Waals surface area contributed by atoms with Gasteiger partial charge in [-0.2, -0.15) is 0 Å². The minimum Gasteiger partial charge on any atom is -0.378 e. The van der Waals surface area contributed by atoms with E-state index in [2.05, 4.69) is 15.5 Å². The summed E-state index contributed by atoms with van der Waals surface area (Å²) < 4.78 is 7.68. The van der Waals surface area contributed by atoms with Gasteiger partial charge >= 0.3 is 0 Å². The zero-order valence-electron chi connectivity index (χ0n) is 13.4. The van der Waals surface area contributed by atoms with Crippen LogP contribution in [0.1, 0.15) is 49.4 Å². The molecule has 0 unspecified atom stereocenters. The van der Waals surface area contributed by atoms with Gasteiger partial charge in [0.15, 0.2) is 5.65 Å². The Labute approximate surface area is 135 Å². The number of nitrogens with zero attached hydrogens (tertiary/aromatic N) is 3. The van der Waals surface area contributed by atoms with Crippen molar-refractivity contribution in [3.8, 4) is 0 Å². The molecule has 2 aliphatic carbocycles. The monoisotopic (exact) mass is 314 g/mol. The fourth-order valence-electron chi connectivity index (χ4n) is 4.29. The van der Waals surface area contributed by atoms with Crippen LogP contribution in [-0.2, 0) is 4.74 Å². The van der Waals surface area contributed by atoms with Crippen LogP contribution < -0.4 is 5.32 Å². The first kappa shape index (κ1) is 14.6. The summed E-state index contributed by atoms with van der Waals surface area (Å²) in [5.41, 5.74) is 1.55. The molecule has 1 N–H and O–H groups in total. The maximum absolute atomic E-state index is 12.6. The van der Waals surface area contributed by atoms with Crippen molar-refractivity contribution in [2.75, 3.05) is 6.61 Å². The van der Waals surface area contributed by atoms with Gasteiger partial charge in [-0.05, 0) is 38.3 Å². The summed E-state index contributed by atoms with van der Waals surface area (Å²) in [6.45, 7) is 2.79. The van der Waals surface area contributed by atoms with E-state index >= 15 is 0 Å². The molecule has 6 nitrogen and oxygen atoms in total. The summed E-state index contributed by atoms with van der Waals surface area (Å²) in [6, 6.07) is 3.85. The SMILES string of the molecule is CCO[C@H]1C[C@@H](NC(=O)c2ccc3nncn3c2)C12CCCC2. The number of rotatable bonds is 4. The molecule has 1 amide bonds. The zero-order valence-corrected chi connectivity index (χ0v) is 13.4. The first-order chi connectivity index (χ1) is 11.2. The summed E-state index contributed by atoms with van der Waals surface area (Å²) in [4.78, 5) is 12.6. The largest absolute Gasteiger partial charge is 0.378 e. The summed E-state index contributed by atoms with van der Waals surface area (Å²) in [5, 5.41) is 11.0. The van der Waals surface area contributed by atoms with Crippen molar-refractivity contribution in [2.24, 2.45) is 5.41 Å². The van der Waals surface area contributed by atoms with Gasteiger partial charge < -0.3 is 10.1 Å². The minimum absolute atomic E-state index is 0.0215. The number of carbonyl (C=O) groups excluding carboxylic acids is 1. The summed E-state index contributed by atoms with van der Waals surface area (Å²) in [5.74, 6) is -0.0215. The molecule has 0 radical (unpaired) electrons. The zero-order chi connectivity index (χ0) is 15.9. The van der Waals surface area contributed by atoms with Crippen molar-refractivity contribution in [1.82, 2.24) is 19.9 Å². The predicted octanol–water partition coefficient (Wildman–Crippen LogP) is 2.20. The molecule has 122 valence electrons. The van der Waals surface area contributed by atoms with E-state index in [1.54, 1.807) is 23.0 Å². The second-order valence-electron chi connectivity index (χ2n) is 6.66. The molecule has 2 aliphatic rings. The predicted molar refractivity (Wildman–Crippen MR) is 85.2 cm³/mol. The molecule has 0 aromatic carbocycles. The first-order valence-corrected chi connectivity index (χ1v) is 8.45. The van der Waals surface area contributed by atoms with E-state index in [4.69, 9.17) is 4.74 Å². The number of pyridine rings is 1. The molecular weight excluding hydrogens is 292 g/mol. The van der Waals surface area contributed by atoms with Gasteiger partial charge in [0.25, 0.3) is 5.91 Å². The third-order valence-electron chi connectivity index (χ3n) is 5.55. The van der Waals surface area contributed by atoms with Gasteiger partial charge in [-0.15, -0.1) is 10.2 Å². The lowest BCUT2D eigenvalue weighted by Crippen LogP contribution is -2.63. The van der Waals surface area contributed by atoms with E-state index in [9.17, 15) is 4.79 Å². The molecular formula is C17H22N4O2. The van der Waals surface area contributed by atoms with Crippen LogP contribution in [0.15, 0.2) is 24.7 Å². The lowest BCUT2D eigenvalue weighted by Gasteiger charge is -2.54. The van der Waals surface area contributed by atoms with Crippen molar-refractivity contribution in [1.29, 1.82) is 0 Å². The number of carbonyl (C=O) groups is 1. The van der Waals surface area contributed by atoms with Gasteiger partial charge in [0.1, 0.15) is 6.33 Å².